The third-order valence-corrected chi connectivity index (χ3v) is 5.01. The number of rotatable bonds is 5. The van der Waals surface area contributed by atoms with E-state index >= 15 is 0 Å². The van der Waals surface area contributed by atoms with Crippen LogP contribution in [0, 0.1) is 22.9 Å². The zero-order chi connectivity index (χ0) is 24.5. The third kappa shape index (κ3) is 5.32. The number of aryl methyl sites for hydroxylation is 1. The molecule has 172 valence electrons. The molecule has 1 amide bonds. The van der Waals surface area contributed by atoms with Gasteiger partial charge in [-0.3, -0.25) is 14.9 Å². The van der Waals surface area contributed by atoms with Gasteiger partial charge in [0.15, 0.2) is 0 Å². The van der Waals surface area contributed by atoms with Gasteiger partial charge in [0.25, 0.3) is 5.91 Å². The van der Waals surface area contributed by atoms with Gasteiger partial charge in [-0.05, 0) is 42.8 Å². The largest absolute Gasteiger partial charge is 0.438 e. The van der Waals surface area contributed by atoms with Crippen molar-refractivity contribution in [2.45, 2.75) is 13.1 Å². The van der Waals surface area contributed by atoms with E-state index in [1.54, 1.807) is 0 Å². The number of carbonyl (C=O) groups is 1. The number of nitro groups is 1. The van der Waals surface area contributed by atoms with Crippen molar-refractivity contribution in [3.05, 3.63) is 85.3 Å². The lowest BCUT2D eigenvalue weighted by molar-refractivity contribution is -0.387. The average Bonchev–Trinajstić information content (AvgIpc) is 2.72. The quantitative estimate of drug-likeness (QED) is 0.234. The first kappa shape index (κ1) is 24.2. The molecule has 0 aliphatic rings. The first-order chi connectivity index (χ1) is 15.4. The number of alkyl halides is 3. The zero-order valence-corrected chi connectivity index (χ0v) is 17.8. The summed E-state index contributed by atoms with van der Waals surface area (Å²) in [4.78, 5) is 26.1. The van der Waals surface area contributed by atoms with Crippen molar-refractivity contribution < 1.29 is 32.0 Å². The summed E-state index contributed by atoms with van der Waals surface area (Å²) in [6, 6.07) is 6.92. The molecule has 2 aromatic carbocycles. The fourth-order valence-corrected chi connectivity index (χ4v) is 3.08. The minimum atomic E-state index is -4.62. The Morgan fingerprint density at radius 3 is 2.36 bits per heavy atom. The van der Waals surface area contributed by atoms with Gasteiger partial charge in [0.2, 0.25) is 11.7 Å². The lowest BCUT2D eigenvalue weighted by Gasteiger charge is -2.12. The van der Waals surface area contributed by atoms with Gasteiger partial charge in [-0.25, -0.2) is 4.98 Å². The topological polar surface area (TPSA) is 94.4 Å². The van der Waals surface area contributed by atoms with Crippen molar-refractivity contribution in [1.29, 1.82) is 0 Å². The number of halogens is 6. The van der Waals surface area contributed by atoms with Crippen LogP contribution in [-0.2, 0) is 6.18 Å². The molecule has 1 heterocycles. The Morgan fingerprint density at radius 1 is 1.18 bits per heavy atom. The molecular formula is C20H11Cl2F4N3O4. The van der Waals surface area contributed by atoms with E-state index in [1.807, 2.05) is 0 Å². The molecule has 0 aliphatic heterocycles. The number of nitrogens with one attached hydrogen (secondary N) is 1. The molecule has 1 aromatic heterocycles. The van der Waals surface area contributed by atoms with Crippen LogP contribution in [0.5, 0.6) is 11.6 Å². The number of hydrogen-bond donors (Lipinski definition) is 1. The molecule has 3 rings (SSSR count). The Hall–Kier alpha value is -3.44. The summed E-state index contributed by atoms with van der Waals surface area (Å²) < 4.78 is 57.9. The van der Waals surface area contributed by atoms with Crippen LogP contribution in [0.4, 0.5) is 28.9 Å². The van der Waals surface area contributed by atoms with Gasteiger partial charge in [0.1, 0.15) is 16.3 Å². The highest BCUT2D eigenvalue weighted by molar-refractivity contribution is 6.35. The first-order valence-electron chi connectivity index (χ1n) is 8.83. The second-order valence-corrected chi connectivity index (χ2v) is 7.35. The molecule has 7 nitrogen and oxygen atoms in total. The number of pyridine rings is 1. The molecule has 0 atom stereocenters. The minimum absolute atomic E-state index is 0.123. The van der Waals surface area contributed by atoms with Gasteiger partial charge in [0.05, 0.1) is 15.5 Å². The molecule has 0 aliphatic carbocycles. The fraction of sp³-hybridized carbons (Fsp3) is 0.100. The van der Waals surface area contributed by atoms with Gasteiger partial charge in [-0.1, -0.05) is 23.2 Å². The summed E-state index contributed by atoms with van der Waals surface area (Å²) in [6.45, 7) is 1.39. The Labute approximate surface area is 193 Å². The van der Waals surface area contributed by atoms with Crippen LogP contribution >= 0.6 is 23.2 Å². The standard InChI is InChI=1S/C20H11Cl2F4N3O4/c1-9-6-14(29(31)32)17(23)15(16(9)22)18(30)28-11-2-4-12(5-3-11)33-19-13(21)7-10(8-27-19)20(24,25)26/h2-8H,1H3,(H,28,30). The highest BCUT2D eigenvalue weighted by atomic mass is 35.5. The number of nitrogens with zero attached hydrogens (tertiary/aromatic N) is 2. The third-order valence-electron chi connectivity index (χ3n) is 4.25. The van der Waals surface area contributed by atoms with E-state index in [-0.39, 0.29) is 32.9 Å². The molecular weight excluding hydrogens is 493 g/mol. The van der Waals surface area contributed by atoms with Crippen LogP contribution in [0.25, 0.3) is 0 Å². The van der Waals surface area contributed by atoms with Crippen LogP contribution in [0.15, 0.2) is 42.6 Å². The monoisotopic (exact) mass is 503 g/mol. The summed E-state index contributed by atoms with van der Waals surface area (Å²) in [6.07, 6.45) is -4.05. The number of benzene rings is 2. The van der Waals surface area contributed by atoms with Gasteiger partial charge in [-0.2, -0.15) is 17.6 Å². The Morgan fingerprint density at radius 2 is 1.82 bits per heavy atom. The summed E-state index contributed by atoms with van der Waals surface area (Å²) in [5.41, 5.74) is -2.34. The van der Waals surface area contributed by atoms with Crippen molar-refractivity contribution in [3.63, 3.8) is 0 Å². The number of anilines is 1. The van der Waals surface area contributed by atoms with Crippen molar-refractivity contribution in [2.75, 3.05) is 5.32 Å². The number of amides is 1. The predicted molar refractivity (Wildman–Crippen MR) is 112 cm³/mol. The summed E-state index contributed by atoms with van der Waals surface area (Å²) >= 11 is 11.8. The maximum absolute atomic E-state index is 14.5. The minimum Gasteiger partial charge on any atom is -0.438 e. The lowest BCUT2D eigenvalue weighted by atomic mass is 10.1. The summed E-state index contributed by atoms with van der Waals surface area (Å²) in [7, 11) is 0. The van der Waals surface area contributed by atoms with Crippen molar-refractivity contribution in [1.82, 2.24) is 4.98 Å². The molecule has 0 saturated carbocycles. The van der Waals surface area contributed by atoms with Crippen LogP contribution in [0.1, 0.15) is 21.5 Å². The van der Waals surface area contributed by atoms with Crippen LogP contribution in [0.3, 0.4) is 0 Å². The van der Waals surface area contributed by atoms with Crippen molar-refractivity contribution >= 4 is 40.5 Å². The highest BCUT2D eigenvalue weighted by Crippen LogP contribution is 2.35. The van der Waals surface area contributed by atoms with Crippen LogP contribution in [0.2, 0.25) is 10.0 Å². The normalized spacial score (nSPS) is 11.2. The van der Waals surface area contributed by atoms with E-state index in [4.69, 9.17) is 27.9 Å². The first-order valence-corrected chi connectivity index (χ1v) is 9.59. The average molecular weight is 504 g/mol. The number of nitro benzene ring substituents is 1. The molecule has 0 radical (unpaired) electrons. The molecule has 0 bridgehead atoms. The summed E-state index contributed by atoms with van der Waals surface area (Å²) in [5.74, 6) is -2.55. The number of hydrogen-bond acceptors (Lipinski definition) is 5. The fourth-order valence-electron chi connectivity index (χ4n) is 2.65. The SMILES string of the molecule is Cc1cc([N+](=O)[O-])c(F)c(C(=O)Nc2ccc(Oc3ncc(C(F)(F)F)cc3Cl)cc2)c1Cl. The number of ether oxygens (including phenoxy) is 1. The van der Waals surface area contributed by atoms with Gasteiger partial charge in [0, 0.05) is 18.0 Å². The van der Waals surface area contributed by atoms with Gasteiger partial charge in [-0.15, -0.1) is 0 Å². The molecule has 33 heavy (non-hydrogen) atoms. The molecule has 0 fully saturated rings. The highest BCUT2D eigenvalue weighted by Gasteiger charge is 2.32. The molecule has 3 aromatic rings. The van der Waals surface area contributed by atoms with Crippen molar-refractivity contribution in [2.24, 2.45) is 0 Å². The lowest BCUT2D eigenvalue weighted by Crippen LogP contribution is -2.16. The van der Waals surface area contributed by atoms with Crippen LogP contribution < -0.4 is 10.1 Å². The smallest absolute Gasteiger partial charge is 0.417 e. The second-order valence-electron chi connectivity index (χ2n) is 6.56. The van der Waals surface area contributed by atoms with E-state index in [1.165, 1.54) is 31.2 Å². The van der Waals surface area contributed by atoms with Crippen molar-refractivity contribution in [3.8, 4) is 11.6 Å². The molecule has 13 heteroatoms. The molecule has 0 saturated heterocycles. The zero-order valence-electron chi connectivity index (χ0n) is 16.3. The number of aromatic nitrogens is 1. The maximum Gasteiger partial charge on any atom is 0.417 e. The molecule has 0 unspecified atom stereocenters. The van der Waals surface area contributed by atoms with E-state index < -0.39 is 39.6 Å². The number of carbonyl (C=O) groups excluding carboxylic acids is 1. The van der Waals surface area contributed by atoms with Gasteiger partial charge < -0.3 is 10.1 Å². The van der Waals surface area contributed by atoms with E-state index in [0.29, 0.717) is 12.3 Å². The molecule has 1 N–H and O–H groups in total. The van der Waals surface area contributed by atoms with Gasteiger partial charge >= 0.3 is 11.9 Å². The van der Waals surface area contributed by atoms with E-state index in [0.717, 1.165) is 6.07 Å². The van der Waals surface area contributed by atoms with Crippen LogP contribution in [-0.4, -0.2) is 15.8 Å². The Balaban J connectivity index is 1.78. The van der Waals surface area contributed by atoms with E-state index in [2.05, 4.69) is 10.3 Å². The van der Waals surface area contributed by atoms with E-state index in [9.17, 15) is 32.5 Å². The second kappa shape index (κ2) is 9.20. The molecule has 0 spiro atoms. The summed E-state index contributed by atoms with van der Waals surface area (Å²) in [5, 5.41) is 12.7. The maximum atomic E-state index is 14.5. The predicted octanol–water partition coefficient (Wildman–Crippen LogP) is 6.81. The Kier molecular flexibility index (Phi) is 6.75. The Bertz CT molecular complexity index is 1250.